The Balaban J connectivity index is 2.35. The van der Waals surface area contributed by atoms with Crippen LogP contribution in [0.25, 0.3) is 0 Å². The summed E-state index contributed by atoms with van der Waals surface area (Å²) in [6, 6.07) is 5.57. The highest BCUT2D eigenvalue weighted by Crippen LogP contribution is 2.28. The molecule has 2 rings (SSSR count). The first-order valence-corrected chi connectivity index (χ1v) is 7.78. The third kappa shape index (κ3) is 3.09. The van der Waals surface area contributed by atoms with E-state index in [1.165, 1.54) is 12.1 Å². The quantitative estimate of drug-likeness (QED) is 0.899. The van der Waals surface area contributed by atoms with Gasteiger partial charge in [-0.2, -0.15) is 0 Å². The Kier molecular flexibility index (Phi) is 3.98. The van der Waals surface area contributed by atoms with Gasteiger partial charge in [-0.1, -0.05) is 11.6 Å². The Hall–Kier alpha value is -1.64. The Morgan fingerprint density at radius 1 is 1.30 bits per heavy atom. The van der Waals surface area contributed by atoms with Crippen LogP contribution in [0.3, 0.4) is 0 Å². The van der Waals surface area contributed by atoms with E-state index in [0.717, 1.165) is 18.2 Å². The van der Waals surface area contributed by atoms with Crippen LogP contribution in [0, 0.1) is 5.82 Å². The van der Waals surface area contributed by atoms with Crippen LogP contribution in [0.2, 0.25) is 5.02 Å². The predicted molar refractivity (Wildman–Crippen MR) is 73.5 cm³/mol. The predicted octanol–water partition coefficient (Wildman–Crippen LogP) is 3.04. The van der Waals surface area contributed by atoms with Gasteiger partial charge in [0.2, 0.25) is 0 Å². The fraction of sp³-hybridized carbons (Fsp3) is 0. The maximum absolute atomic E-state index is 13.1. The van der Waals surface area contributed by atoms with E-state index >= 15 is 0 Å². The first-order valence-electron chi connectivity index (χ1n) is 5.10. The molecule has 106 valence electrons. The van der Waals surface area contributed by atoms with Crippen LogP contribution < -0.4 is 4.72 Å². The number of nitrogens with one attached hydrogen (secondary N) is 1. The minimum atomic E-state index is -4.01. The van der Waals surface area contributed by atoms with Gasteiger partial charge >= 0.3 is 5.97 Å². The highest BCUT2D eigenvalue weighted by molar-refractivity contribution is 7.94. The third-order valence-corrected chi connectivity index (χ3v) is 5.49. The SMILES string of the molecule is O=C(O)c1ccc(S(=O)(=O)Nc2cc(F)ccc2Cl)s1. The molecule has 0 saturated heterocycles. The number of halogens is 2. The van der Waals surface area contributed by atoms with E-state index < -0.39 is 21.8 Å². The summed E-state index contributed by atoms with van der Waals surface area (Å²) >= 11 is 6.35. The standard InChI is InChI=1S/C11H7ClFNO4S2/c12-7-2-1-6(13)5-8(7)14-20(17,18)10-4-3-9(19-10)11(15)16/h1-5,14H,(H,15,16). The number of sulfonamides is 1. The average molecular weight is 336 g/mol. The van der Waals surface area contributed by atoms with E-state index in [1.807, 2.05) is 0 Å². The zero-order chi connectivity index (χ0) is 14.9. The average Bonchev–Trinajstić information content (AvgIpc) is 2.84. The van der Waals surface area contributed by atoms with Gasteiger partial charge in [-0.15, -0.1) is 11.3 Å². The molecule has 0 unspecified atom stereocenters. The summed E-state index contributed by atoms with van der Waals surface area (Å²) in [5.41, 5.74) is -0.114. The smallest absolute Gasteiger partial charge is 0.345 e. The fourth-order valence-electron chi connectivity index (χ4n) is 1.35. The number of anilines is 1. The van der Waals surface area contributed by atoms with E-state index in [4.69, 9.17) is 16.7 Å². The first-order chi connectivity index (χ1) is 9.29. The van der Waals surface area contributed by atoms with Crippen molar-refractivity contribution in [1.29, 1.82) is 0 Å². The van der Waals surface area contributed by atoms with Crippen LogP contribution in [0.15, 0.2) is 34.5 Å². The van der Waals surface area contributed by atoms with Crippen LogP contribution in [0.4, 0.5) is 10.1 Å². The zero-order valence-electron chi connectivity index (χ0n) is 9.63. The number of hydrogen-bond acceptors (Lipinski definition) is 4. The second-order valence-corrected chi connectivity index (χ2v) is 7.05. The van der Waals surface area contributed by atoms with E-state index in [9.17, 15) is 17.6 Å². The van der Waals surface area contributed by atoms with Crippen molar-refractivity contribution in [3.05, 3.63) is 46.0 Å². The topological polar surface area (TPSA) is 83.5 Å². The lowest BCUT2D eigenvalue weighted by Crippen LogP contribution is -2.12. The van der Waals surface area contributed by atoms with E-state index in [1.54, 1.807) is 0 Å². The van der Waals surface area contributed by atoms with Crippen LogP contribution in [0.1, 0.15) is 9.67 Å². The zero-order valence-corrected chi connectivity index (χ0v) is 12.0. The summed E-state index contributed by atoms with van der Waals surface area (Å²) in [6.07, 6.45) is 0. The van der Waals surface area contributed by atoms with E-state index in [-0.39, 0.29) is 19.8 Å². The van der Waals surface area contributed by atoms with Gasteiger partial charge in [0.25, 0.3) is 10.0 Å². The summed E-state index contributed by atoms with van der Waals surface area (Å²) in [5.74, 6) is -1.87. The first kappa shape index (κ1) is 14.8. The van der Waals surface area contributed by atoms with Crippen LogP contribution in [0.5, 0.6) is 0 Å². The number of carboxylic acids is 1. The maximum Gasteiger partial charge on any atom is 0.345 e. The minimum Gasteiger partial charge on any atom is -0.477 e. The normalized spacial score (nSPS) is 11.3. The molecule has 0 atom stereocenters. The Labute approximate surface area is 122 Å². The molecule has 0 spiro atoms. The lowest BCUT2D eigenvalue weighted by molar-refractivity contribution is 0.0702. The number of thiophene rings is 1. The second kappa shape index (κ2) is 5.39. The van der Waals surface area contributed by atoms with Crippen LogP contribution >= 0.6 is 22.9 Å². The lowest BCUT2D eigenvalue weighted by atomic mass is 10.3. The largest absolute Gasteiger partial charge is 0.477 e. The van der Waals surface area contributed by atoms with Crippen molar-refractivity contribution < 1.29 is 22.7 Å². The molecule has 2 aromatic rings. The van der Waals surface area contributed by atoms with Crippen LogP contribution in [-0.2, 0) is 10.0 Å². The number of hydrogen-bond donors (Lipinski definition) is 2. The fourth-order valence-corrected chi connectivity index (χ4v) is 3.79. The monoisotopic (exact) mass is 335 g/mol. The number of aromatic carboxylic acids is 1. The molecule has 0 radical (unpaired) electrons. The molecule has 0 saturated carbocycles. The lowest BCUT2D eigenvalue weighted by Gasteiger charge is -2.07. The van der Waals surface area contributed by atoms with Crippen molar-refractivity contribution in [3.63, 3.8) is 0 Å². The number of carbonyl (C=O) groups is 1. The van der Waals surface area contributed by atoms with Gasteiger partial charge in [-0.25, -0.2) is 17.6 Å². The molecule has 0 aliphatic rings. The van der Waals surface area contributed by atoms with Crippen molar-refractivity contribution >= 4 is 44.6 Å². The van der Waals surface area contributed by atoms with Gasteiger partial charge in [0, 0.05) is 0 Å². The molecule has 0 amide bonds. The van der Waals surface area contributed by atoms with Gasteiger partial charge in [0.1, 0.15) is 14.9 Å². The van der Waals surface area contributed by atoms with E-state index in [2.05, 4.69) is 4.72 Å². The molecular formula is C11H7ClFNO4S2. The molecule has 0 aliphatic carbocycles. The van der Waals surface area contributed by atoms with E-state index in [0.29, 0.717) is 11.3 Å². The number of carboxylic acid groups (broad SMARTS) is 1. The molecule has 0 bridgehead atoms. The van der Waals surface area contributed by atoms with Crippen molar-refractivity contribution in [2.75, 3.05) is 4.72 Å². The van der Waals surface area contributed by atoms with Crippen molar-refractivity contribution in [3.8, 4) is 0 Å². The molecule has 9 heteroatoms. The van der Waals surface area contributed by atoms with Gasteiger partial charge in [0.05, 0.1) is 10.7 Å². The molecule has 0 fully saturated rings. The van der Waals surface area contributed by atoms with Crippen molar-refractivity contribution in [2.24, 2.45) is 0 Å². The van der Waals surface area contributed by atoms with Gasteiger partial charge < -0.3 is 5.11 Å². The maximum atomic E-state index is 13.1. The molecule has 5 nitrogen and oxygen atoms in total. The van der Waals surface area contributed by atoms with Crippen molar-refractivity contribution in [1.82, 2.24) is 0 Å². The Morgan fingerprint density at radius 3 is 2.60 bits per heavy atom. The summed E-state index contributed by atoms with van der Waals surface area (Å²) in [4.78, 5) is 10.6. The summed E-state index contributed by atoms with van der Waals surface area (Å²) in [5, 5.41) is 8.79. The molecule has 1 aromatic carbocycles. The summed E-state index contributed by atoms with van der Waals surface area (Å²) in [6.45, 7) is 0. The molecular weight excluding hydrogens is 329 g/mol. The number of rotatable bonds is 4. The van der Waals surface area contributed by atoms with Crippen molar-refractivity contribution in [2.45, 2.75) is 4.21 Å². The van der Waals surface area contributed by atoms with Gasteiger partial charge in [-0.3, -0.25) is 4.72 Å². The highest BCUT2D eigenvalue weighted by Gasteiger charge is 2.20. The molecule has 2 N–H and O–H groups in total. The van der Waals surface area contributed by atoms with Gasteiger partial charge in [-0.05, 0) is 30.3 Å². The Morgan fingerprint density at radius 2 is 2.00 bits per heavy atom. The molecule has 1 aromatic heterocycles. The third-order valence-electron chi connectivity index (χ3n) is 2.23. The van der Waals surface area contributed by atoms with Crippen LogP contribution in [-0.4, -0.2) is 19.5 Å². The molecule has 0 aliphatic heterocycles. The minimum absolute atomic E-state index is 0.0324. The summed E-state index contributed by atoms with van der Waals surface area (Å²) in [7, 11) is -4.01. The Bertz CT molecular complexity index is 772. The van der Waals surface area contributed by atoms with Gasteiger partial charge in [0.15, 0.2) is 0 Å². The molecule has 20 heavy (non-hydrogen) atoms. The number of benzene rings is 1. The molecule has 1 heterocycles. The summed E-state index contributed by atoms with van der Waals surface area (Å²) < 4.78 is 39.0. The highest BCUT2D eigenvalue weighted by atomic mass is 35.5. The second-order valence-electron chi connectivity index (χ2n) is 3.65.